The number of anilines is 1. The molecule has 3 aromatic rings. The number of hydrogen-bond donors (Lipinski definition) is 1. The number of aromatic nitrogens is 5. The van der Waals surface area contributed by atoms with Crippen LogP contribution in [0.25, 0.3) is 5.69 Å². The van der Waals surface area contributed by atoms with Crippen molar-refractivity contribution in [2.45, 2.75) is 25.1 Å². The molecule has 12 heteroatoms. The molecule has 1 N–H and O–H groups in total. The first kappa shape index (κ1) is 20.7. The van der Waals surface area contributed by atoms with Gasteiger partial charge in [-0.25, -0.2) is 19.0 Å². The number of carbonyl (C=O) groups excluding carboxylic acids is 1. The summed E-state index contributed by atoms with van der Waals surface area (Å²) in [6.07, 6.45) is -0.428. The minimum absolute atomic E-state index is 0.0645. The van der Waals surface area contributed by atoms with Crippen LogP contribution in [0.3, 0.4) is 0 Å². The smallest absolute Gasteiger partial charge is 0.346 e. The Morgan fingerprint density at radius 2 is 1.84 bits per heavy atom. The summed E-state index contributed by atoms with van der Waals surface area (Å²) in [7, 11) is 0. The minimum Gasteiger partial charge on any atom is -0.346 e. The molecule has 4 rings (SSSR count). The number of alkyl halides is 3. The molecule has 3 heterocycles. The number of carbonyl (C=O) groups is 1. The highest BCUT2D eigenvalue weighted by atomic mass is 19.4. The number of nitrogens with one attached hydrogen (secondary N) is 1. The van der Waals surface area contributed by atoms with Crippen molar-refractivity contribution in [2.24, 2.45) is 0 Å². The van der Waals surface area contributed by atoms with Crippen molar-refractivity contribution < 1.29 is 22.4 Å². The van der Waals surface area contributed by atoms with Gasteiger partial charge >= 0.3 is 6.18 Å². The minimum atomic E-state index is -4.90. The van der Waals surface area contributed by atoms with Gasteiger partial charge in [0.2, 0.25) is 5.95 Å². The van der Waals surface area contributed by atoms with E-state index in [4.69, 9.17) is 0 Å². The lowest BCUT2D eigenvalue weighted by atomic mass is 10.1. The molecular formula is C19H17F4N7O. The quantitative estimate of drug-likeness (QED) is 0.634. The predicted molar refractivity (Wildman–Crippen MR) is 101 cm³/mol. The number of piperidine rings is 1. The lowest BCUT2D eigenvalue weighted by Crippen LogP contribution is -2.48. The van der Waals surface area contributed by atoms with Crippen molar-refractivity contribution in [1.82, 2.24) is 30.3 Å². The van der Waals surface area contributed by atoms with E-state index >= 15 is 0 Å². The van der Waals surface area contributed by atoms with E-state index in [0.29, 0.717) is 36.6 Å². The lowest BCUT2D eigenvalue weighted by Gasteiger charge is -2.32. The molecule has 0 bridgehead atoms. The van der Waals surface area contributed by atoms with Gasteiger partial charge in [-0.1, -0.05) is 5.21 Å². The van der Waals surface area contributed by atoms with Crippen molar-refractivity contribution in [3.63, 3.8) is 0 Å². The van der Waals surface area contributed by atoms with Gasteiger partial charge in [0.25, 0.3) is 5.91 Å². The maximum Gasteiger partial charge on any atom is 0.435 e. The molecule has 0 saturated carbocycles. The average molecular weight is 435 g/mol. The number of halogens is 4. The van der Waals surface area contributed by atoms with Gasteiger partial charge in [0.05, 0.1) is 5.69 Å². The Morgan fingerprint density at radius 3 is 2.52 bits per heavy atom. The van der Waals surface area contributed by atoms with Crippen molar-refractivity contribution in [1.29, 1.82) is 0 Å². The molecule has 2 aromatic heterocycles. The van der Waals surface area contributed by atoms with Crippen LogP contribution in [-0.4, -0.2) is 50.0 Å². The molecule has 0 aliphatic carbocycles. The molecule has 0 spiro atoms. The first-order valence-electron chi connectivity index (χ1n) is 9.44. The van der Waals surface area contributed by atoms with Gasteiger partial charge in [0, 0.05) is 31.5 Å². The van der Waals surface area contributed by atoms with Gasteiger partial charge in [-0.05, 0) is 43.2 Å². The standard InChI is InChI=1S/C19H17F4N7O/c20-12-4-6-14(7-5-12)30-16(19(21,22)23)15(27-28-30)17(31)26-13-3-1-10-29(11-13)18-24-8-2-9-25-18/h2,4-9,13H,1,3,10-11H2,(H,26,31). The summed E-state index contributed by atoms with van der Waals surface area (Å²) in [4.78, 5) is 22.9. The Morgan fingerprint density at radius 1 is 1.13 bits per heavy atom. The molecular weight excluding hydrogens is 418 g/mol. The van der Waals surface area contributed by atoms with E-state index in [9.17, 15) is 22.4 Å². The van der Waals surface area contributed by atoms with E-state index in [0.717, 1.165) is 24.3 Å². The van der Waals surface area contributed by atoms with Crippen molar-refractivity contribution in [3.8, 4) is 5.69 Å². The zero-order valence-electron chi connectivity index (χ0n) is 16.1. The summed E-state index contributed by atoms with van der Waals surface area (Å²) in [5.41, 5.74) is -2.23. The number of benzene rings is 1. The van der Waals surface area contributed by atoms with Gasteiger partial charge in [0.15, 0.2) is 11.4 Å². The third-order valence-corrected chi connectivity index (χ3v) is 4.82. The number of rotatable bonds is 4. The molecule has 1 aliphatic rings. The second kappa shape index (κ2) is 8.28. The second-order valence-corrected chi connectivity index (χ2v) is 6.98. The van der Waals surface area contributed by atoms with Crippen LogP contribution in [0.4, 0.5) is 23.5 Å². The molecule has 8 nitrogen and oxygen atoms in total. The zero-order chi connectivity index (χ0) is 22.0. The number of amides is 1. The predicted octanol–water partition coefficient (Wildman–Crippen LogP) is 2.61. The summed E-state index contributed by atoms with van der Waals surface area (Å²) in [6, 6.07) is 5.51. The largest absolute Gasteiger partial charge is 0.435 e. The van der Waals surface area contributed by atoms with Crippen LogP contribution < -0.4 is 10.2 Å². The van der Waals surface area contributed by atoms with E-state index in [1.165, 1.54) is 0 Å². The highest BCUT2D eigenvalue weighted by molar-refractivity contribution is 5.93. The van der Waals surface area contributed by atoms with Gasteiger partial charge in [-0.15, -0.1) is 5.10 Å². The van der Waals surface area contributed by atoms with Crippen LogP contribution in [0, 0.1) is 5.82 Å². The topological polar surface area (TPSA) is 88.8 Å². The maximum absolute atomic E-state index is 13.7. The zero-order valence-corrected chi connectivity index (χ0v) is 16.1. The van der Waals surface area contributed by atoms with Crippen molar-refractivity contribution in [3.05, 3.63) is 59.9 Å². The molecule has 1 aliphatic heterocycles. The van der Waals surface area contributed by atoms with E-state index in [2.05, 4.69) is 25.6 Å². The van der Waals surface area contributed by atoms with Crippen LogP contribution in [0.2, 0.25) is 0 Å². The van der Waals surface area contributed by atoms with Gasteiger partial charge in [-0.3, -0.25) is 4.79 Å². The molecule has 1 amide bonds. The first-order chi connectivity index (χ1) is 14.8. The Balaban J connectivity index is 1.56. The van der Waals surface area contributed by atoms with Crippen molar-refractivity contribution in [2.75, 3.05) is 18.0 Å². The fourth-order valence-corrected chi connectivity index (χ4v) is 3.44. The SMILES string of the molecule is O=C(NC1CCCN(c2ncccn2)C1)c1nnn(-c2ccc(F)cc2)c1C(F)(F)F. The van der Waals surface area contributed by atoms with Gasteiger partial charge in [-0.2, -0.15) is 13.2 Å². The van der Waals surface area contributed by atoms with Crippen LogP contribution in [0.15, 0.2) is 42.7 Å². The normalized spacial score (nSPS) is 16.9. The second-order valence-electron chi connectivity index (χ2n) is 6.98. The molecule has 1 saturated heterocycles. The first-order valence-corrected chi connectivity index (χ1v) is 9.44. The average Bonchev–Trinajstić information content (AvgIpc) is 3.21. The molecule has 1 fully saturated rings. The number of hydrogen-bond acceptors (Lipinski definition) is 6. The Labute approximate surface area is 173 Å². The van der Waals surface area contributed by atoms with E-state index in [1.54, 1.807) is 18.5 Å². The van der Waals surface area contributed by atoms with Gasteiger partial charge in [0.1, 0.15) is 5.82 Å². The third kappa shape index (κ3) is 4.47. The van der Waals surface area contributed by atoms with E-state index in [1.807, 2.05) is 4.90 Å². The Bertz CT molecular complexity index is 1050. The highest BCUT2D eigenvalue weighted by Gasteiger charge is 2.42. The summed E-state index contributed by atoms with van der Waals surface area (Å²) < 4.78 is 54.9. The summed E-state index contributed by atoms with van der Waals surface area (Å²) in [5, 5.41) is 9.57. The van der Waals surface area contributed by atoms with Crippen LogP contribution in [0.1, 0.15) is 29.0 Å². The van der Waals surface area contributed by atoms with Crippen molar-refractivity contribution >= 4 is 11.9 Å². The summed E-state index contributed by atoms with van der Waals surface area (Å²) >= 11 is 0. The highest BCUT2D eigenvalue weighted by Crippen LogP contribution is 2.33. The fraction of sp³-hybridized carbons (Fsp3) is 0.316. The Hall–Kier alpha value is -3.57. The monoisotopic (exact) mass is 435 g/mol. The summed E-state index contributed by atoms with van der Waals surface area (Å²) in [6.45, 7) is 1.02. The summed E-state index contributed by atoms with van der Waals surface area (Å²) in [5.74, 6) is -1.11. The Kier molecular flexibility index (Phi) is 5.53. The number of nitrogens with zero attached hydrogens (tertiary/aromatic N) is 6. The fourth-order valence-electron chi connectivity index (χ4n) is 3.44. The van der Waals surface area contributed by atoms with E-state index < -0.39 is 35.3 Å². The third-order valence-electron chi connectivity index (χ3n) is 4.82. The lowest BCUT2D eigenvalue weighted by molar-refractivity contribution is -0.143. The molecule has 1 atom stereocenters. The molecule has 0 radical (unpaired) electrons. The van der Waals surface area contributed by atoms with Crippen LogP contribution in [0.5, 0.6) is 0 Å². The molecule has 162 valence electrons. The van der Waals surface area contributed by atoms with E-state index in [-0.39, 0.29) is 5.69 Å². The maximum atomic E-state index is 13.7. The molecule has 31 heavy (non-hydrogen) atoms. The molecule has 1 unspecified atom stereocenters. The van der Waals surface area contributed by atoms with Crippen LogP contribution >= 0.6 is 0 Å². The molecule has 1 aromatic carbocycles. The van der Waals surface area contributed by atoms with Crippen LogP contribution in [-0.2, 0) is 6.18 Å². The van der Waals surface area contributed by atoms with Gasteiger partial charge < -0.3 is 10.2 Å².